The Morgan fingerprint density at radius 2 is 1.58 bits per heavy atom. The zero-order chi connectivity index (χ0) is 7.11. The molecule has 1 aromatic rings. The molecule has 0 amide bonds. The predicted octanol–water partition coefficient (Wildman–Crippen LogP) is -3.56. The molecule has 0 saturated heterocycles. The molecule has 0 bridgehead atoms. The second-order valence-corrected chi connectivity index (χ2v) is 2.31. The van der Waals surface area contributed by atoms with E-state index in [4.69, 9.17) is 0 Å². The number of aromatic amines is 1. The van der Waals surface area contributed by atoms with Gasteiger partial charge in [-0.05, 0) is 0 Å². The summed E-state index contributed by atoms with van der Waals surface area (Å²) in [5, 5.41) is 0. The van der Waals surface area contributed by atoms with Gasteiger partial charge in [-0.2, -0.15) is 39.1 Å². The van der Waals surface area contributed by atoms with Gasteiger partial charge in [0.05, 0.1) is 0 Å². The van der Waals surface area contributed by atoms with E-state index in [0.717, 1.165) is 0 Å². The van der Waals surface area contributed by atoms with Crippen molar-refractivity contribution in [1.29, 1.82) is 0 Å². The summed E-state index contributed by atoms with van der Waals surface area (Å²) < 4.78 is 0. The molecule has 0 aliphatic rings. The van der Waals surface area contributed by atoms with Crippen molar-refractivity contribution in [3.05, 3.63) is 30.4 Å². The molecule has 0 saturated carbocycles. The summed E-state index contributed by atoms with van der Waals surface area (Å²) in [6.45, 7) is 6.25. The van der Waals surface area contributed by atoms with Gasteiger partial charge in [0, 0.05) is 0 Å². The first kappa shape index (κ1) is 22.9. The maximum absolute atomic E-state index is 2.74. The van der Waals surface area contributed by atoms with Crippen LogP contribution in [0, 0.1) is 12.1 Å². The molecular weight excluding hydrogens is 229 g/mol. The molecule has 0 atom stereocenters. The number of H-pyrrole nitrogens is 1. The summed E-state index contributed by atoms with van der Waals surface area (Å²) in [6, 6.07) is 3.71. The Morgan fingerprint density at radius 1 is 1.17 bits per heavy atom. The van der Waals surface area contributed by atoms with Crippen molar-refractivity contribution in [2.45, 2.75) is 20.8 Å². The molecule has 1 N–H and O–H groups in total. The Balaban J connectivity index is -0.0000000436. The van der Waals surface area contributed by atoms with Gasteiger partial charge in [-0.3, -0.25) is 0 Å². The molecule has 0 fully saturated rings. The van der Waals surface area contributed by atoms with Crippen LogP contribution in [0.3, 0.4) is 0 Å². The fourth-order valence-electron chi connectivity index (χ4n) is 0.241. The van der Waals surface area contributed by atoms with Crippen LogP contribution in [-0.2, 0) is 21.7 Å². The molecule has 0 radical (unpaired) electrons. The van der Waals surface area contributed by atoms with Gasteiger partial charge >= 0.3 is 21.7 Å². The zero-order valence-electron chi connectivity index (χ0n) is 7.49. The van der Waals surface area contributed by atoms with Crippen molar-refractivity contribution in [2.75, 3.05) is 0 Å². The Kier molecular flexibility index (Phi) is 33.6. The van der Waals surface area contributed by atoms with Gasteiger partial charge in [-0.1, -0.05) is 0 Å². The zero-order valence-corrected chi connectivity index (χ0v) is 10.6. The van der Waals surface area contributed by atoms with Crippen molar-refractivity contribution in [3.63, 3.8) is 0 Å². The van der Waals surface area contributed by atoms with Gasteiger partial charge in [0.25, 0.3) is 0 Å². The van der Waals surface area contributed by atoms with Crippen molar-refractivity contribution < 1.29 is 46.5 Å². The van der Waals surface area contributed by atoms with E-state index in [1.54, 1.807) is 0 Å². The van der Waals surface area contributed by atoms with Gasteiger partial charge in [-0.25, -0.2) is 0 Å². The third kappa shape index (κ3) is 31.2. The quantitative estimate of drug-likeness (QED) is 0.358. The van der Waals surface area contributed by atoms with Crippen LogP contribution in [0.5, 0.6) is 0 Å². The van der Waals surface area contributed by atoms with Gasteiger partial charge in [0.15, 0.2) is 0 Å². The van der Waals surface area contributed by atoms with E-state index >= 15 is 0 Å². The number of aromatic nitrogens is 1. The molecule has 12 heavy (non-hydrogen) atoms. The number of halogens is 2. The molecule has 0 unspecified atom stereocenters. The predicted molar refractivity (Wildman–Crippen MR) is 39.9 cm³/mol. The van der Waals surface area contributed by atoms with Crippen LogP contribution in [-0.4, -0.2) is 4.98 Å². The summed E-state index contributed by atoms with van der Waals surface area (Å²) in [5.41, 5.74) is 0. The normalized spacial score (nSPS) is 6.33. The molecule has 4 heteroatoms. The summed E-state index contributed by atoms with van der Waals surface area (Å²) >= 11 is 0. The van der Waals surface area contributed by atoms with Crippen LogP contribution in [0.15, 0.2) is 18.3 Å². The van der Waals surface area contributed by atoms with Crippen LogP contribution in [0.4, 0.5) is 0 Å². The average molecular weight is 242 g/mol. The number of hydrogen-bond acceptors (Lipinski definition) is 0. The monoisotopic (exact) mass is 241 g/mol. The van der Waals surface area contributed by atoms with Crippen molar-refractivity contribution in [3.8, 4) is 0 Å². The summed E-state index contributed by atoms with van der Waals surface area (Å²) in [5.74, 6) is 1.42. The third-order valence-corrected chi connectivity index (χ3v) is 0.442. The molecule has 1 rings (SSSR count). The van der Waals surface area contributed by atoms with Crippen LogP contribution in [0.1, 0.15) is 20.8 Å². The van der Waals surface area contributed by atoms with E-state index in [2.05, 4.69) is 32.0 Å². The fourth-order valence-corrected chi connectivity index (χ4v) is 0.241. The molecule has 0 aliphatic carbocycles. The molecule has 68 valence electrons. The van der Waals surface area contributed by atoms with Crippen LogP contribution in [0.25, 0.3) is 0 Å². The number of hydrogen-bond donors (Lipinski definition) is 1. The van der Waals surface area contributed by atoms with E-state index in [0.29, 0.717) is 0 Å². The summed E-state index contributed by atoms with van der Waals surface area (Å²) in [7, 11) is 0. The topological polar surface area (TPSA) is 15.8 Å². The van der Waals surface area contributed by atoms with Crippen LogP contribution >= 0.6 is 0 Å². The van der Waals surface area contributed by atoms with Crippen LogP contribution < -0.4 is 24.8 Å². The summed E-state index contributed by atoms with van der Waals surface area (Å²) in [4.78, 5) is 2.74. The molecule has 1 aromatic heterocycles. The average Bonchev–Trinajstić information content (AvgIpc) is 2.11. The van der Waals surface area contributed by atoms with Crippen LogP contribution in [0.2, 0.25) is 0 Å². The van der Waals surface area contributed by atoms with Gasteiger partial charge < -0.3 is 35.7 Å². The van der Waals surface area contributed by atoms with Crippen molar-refractivity contribution in [2.24, 2.45) is 0 Å². The first-order chi connectivity index (χ1) is 4.23. The second kappa shape index (κ2) is 17.6. The van der Waals surface area contributed by atoms with E-state index in [1.807, 2.05) is 18.3 Å². The van der Waals surface area contributed by atoms with Gasteiger partial charge in [0.1, 0.15) is 0 Å². The minimum absolute atomic E-state index is 0. The Hall–Kier alpha value is 0.574. The maximum Gasteiger partial charge on any atom is 4.00 e. The number of rotatable bonds is 0. The van der Waals surface area contributed by atoms with E-state index in [9.17, 15) is 0 Å². The standard InChI is InChI=1S/C4H4N.C4H9.2ClH.Ti/c1-2-4-5-3-1;1-4(2)3;;;/h1-3,5H;1-3H3;2*1H;/q2*-1;;;+4/p-2. The summed E-state index contributed by atoms with van der Waals surface area (Å²) in [6.07, 6.45) is 4.56. The molecule has 1 nitrogen and oxygen atoms in total. The van der Waals surface area contributed by atoms with E-state index in [1.165, 1.54) is 5.92 Å². The molecule has 0 aliphatic heterocycles. The maximum atomic E-state index is 2.74. The SMILES string of the molecule is C[C-](C)C.[Cl-].[Cl-].[Ti+4].[c-]1ccc[nH]1. The number of nitrogens with one attached hydrogen (secondary N) is 1. The first-order valence-corrected chi connectivity index (χ1v) is 2.99. The van der Waals surface area contributed by atoms with Crippen molar-refractivity contribution >= 4 is 0 Å². The smallest absolute Gasteiger partial charge is 1.00 e. The van der Waals surface area contributed by atoms with Gasteiger partial charge in [-0.15, -0.1) is 6.20 Å². The van der Waals surface area contributed by atoms with Crippen molar-refractivity contribution in [1.82, 2.24) is 4.98 Å². The Morgan fingerprint density at radius 3 is 1.67 bits per heavy atom. The largest absolute Gasteiger partial charge is 4.00 e. The Labute approximate surface area is 102 Å². The molecular formula is C8H13Cl2NTi. The third-order valence-electron chi connectivity index (χ3n) is 0.442. The molecule has 0 spiro atoms. The molecule has 1 heterocycles. The van der Waals surface area contributed by atoms with E-state index < -0.39 is 0 Å². The first-order valence-electron chi connectivity index (χ1n) is 2.99. The van der Waals surface area contributed by atoms with Gasteiger partial charge in [0.2, 0.25) is 0 Å². The molecule has 0 aromatic carbocycles. The minimum Gasteiger partial charge on any atom is -1.00 e. The van der Waals surface area contributed by atoms with E-state index in [-0.39, 0.29) is 46.5 Å². The Bertz CT molecular complexity index is 101. The fraction of sp³-hybridized carbons (Fsp3) is 0.375. The second-order valence-electron chi connectivity index (χ2n) is 2.31. The minimum atomic E-state index is 0.